The maximum Gasteiger partial charge on any atom is 0.270 e. The third kappa shape index (κ3) is 4.55. The molecule has 0 spiro atoms. The zero-order valence-corrected chi connectivity index (χ0v) is 15.0. The summed E-state index contributed by atoms with van der Waals surface area (Å²) in [6, 6.07) is 0. The molecule has 2 aromatic rings. The molecule has 3 heterocycles. The Morgan fingerprint density at radius 2 is 2.09 bits per heavy atom. The average molecular weight is 352 g/mol. The molecule has 124 valence electrons. The molecule has 1 aliphatic heterocycles. The maximum atomic E-state index is 12.0. The van der Waals surface area contributed by atoms with E-state index in [1.54, 1.807) is 11.3 Å². The molecule has 1 saturated heterocycles. The number of piperidine rings is 1. The second-order valence-electron chi connectivity index (χ2n) is 5.90. The number of hydrogen-bond acceptors (Lipinski definition) is 7. The normalized spacial score (nSPS) is 16.6. The second-order valence-corrected chi connectivity index (χ2v) is 8.22. The number of carbonyl (C=O) groups excluding carboxylic acids is 1. The summed E-state index contributed by atoms with van der Waals surface area (Å²) < 4.78 is 0. The third-order valence-corrected chi connectivity index (χ3v) is 5.63. The van der Waals surface area contributed by atoms with Crippen molar-refractivity contribution in [2.75, 3.05) is 19.6 Å². The molecule has 1 aliphatic rings. The molecule has 2 aromatic heterocycles. The topological polar surface area (TPSA) is 71.0 Å². The van der Waals surface area contributed by atoms with Gasteiger partial charge in [0.2, 0.25) is 0 Å². The standard InChI is InChI=1S/C15H21N5OS2/c1-10-17-13(9-22-10)15(21)16-7-12-3-5-20(6-4-12)8-14-19-18-11(2)23-14/h9,12H,3-8H2,1-2H3,(H,16,21). The largest absolute Gasteiger partial charge is 0.350 e. The Morgan fingerprint density at radius 3 is 2.70 bits per heavy atom. The molecule has 23 heavy (non-hydrogen) atoms. The van der Waals surface area contributed by atoms with Gasteiger partial charge in [-0.2, -0.15) is 0 Å². The van der Waals surface area contributed by atoms with E-state index in [2.05, 4.69) is 25.4 Å². The number of hydrogen-bond donors (Lipinski definition) is 1. The van der Waals surface area contributed by atoms with Crippen LogP contribution >= 0.6 is 22.7 Å². The molecule has 1 fully saturated rings. The van der Waals surface area contributed by atoms with Gasteiger partial charge in [0.15, 0.2) is 0 Å². The number of aromatic nitrogens is 3. The highest BCUT2D eigenvalue weighted by Gasteiger charge is 2.21. The summed E-state index contributed by atoms with van der Waals surface area (Å²) in [6.07, 6.45) is 2.21. The quantitative estimate of drug-likeness (QED) is 0.895. The Morgan fingerprint density at radius 1 is 1.30 bits per heavy atom. The highest BCUT2D eigenvalue weighted by molar-refractivity contribution is 7.11. The van der Waals surface area contributed by atoms with E-state index < -0.39 is 0 Å². The molecule has 0 bridgehead atoms. The Hall–Kier alpha value is -1.38. The molecule has 6 nitrogen and oxygen atoms in total. The van der Waals surface area contributed by atoms with E-state index in [4.69, 9.17) is 0 Å². The van der Waals surface area contributed by atoms with E-state index >= 15 is 0 Å². The molecule has 0 atom stereocenters. The van der Waals surface area contributed by atoms with Crippen molar-refractivity contribution >= 4 is 28.6 Å². The van der Waals surface area contributed by atoms with E-state index in [-0.39, 0.29) is 5.91 Å². The van der Waals surface area contributed by atoms with Crippen LogP contribution in [0.3, 0.4) is 0 Å². The van der Waals surface area contributed by atoms with Crippen LogP contribution in [0.5, 0.6) is 0 Å². The van der Waals surface area contributed by atoms with Gasteiger partial charge in [-0.05, 0) is 45.7 Å². The maximum absolute atomic E-state index is 12.0. The molecule has 0 unspecified atom stereocenters. The molecular formula is C15H21N5OS2. The van der Waals surface area contributed by atoms with Gasteiger partial charge < -0.3 is 5.32 Å². The predicted octanol–water partition coefficient (Wildman–Crippen LogP) is 2.25. The first-order valence-corrected chi connectivity index (χ1v) is 9.51. The van der Waals surface area contributed by atoms with Gasteiger partial charge in [0, 0.05) is 11.9 Å². The van der Waals surface area contributed by atoms with Crippen LogP contribution in [0.15, 0.2) is 5.38 Å². The number of carbonyl (C=O) groups is 1. The van der Waals surface area contributed by atoms with Crippen molar-refractivity contribution in [3.05, 3.63) is 26.1 Å². The number of nitrogens with one attached hydrogen (secondary N) is 1. The number of aryl methyl sites for hydroxylation is 2. The Kier molecular flexibility index (Phi) is 5.34. The zero-order valence-electron chi connectivity index (χ0n) is 13.4. The lowest BCUT2D eigenvalue weighted by Gasteiger charge is -2.31. The number of likely N-dealkylation sites (tertiary alicyclic amines) is 1. The Balaban J connectivity index is 1.40. The molecule has 0 radical (unpaired) electrons. The summed E-state index contributed by atoms with van der Waals surface area (Å²) in [5, 5.41) is 16.1. The van der Waals surface area contributed by atoms with E-state index in [0.29, 0.717) is 11.6 Å². The van der Waals surface area contributed by atoms with Crippen molar-refractivity contribution in [2.45, 2.75) is 33.2 Å². The van der Waals surface area contributed by atoms with Gasteiger partial charge in [0.05, 0.1) is 11.6 Å². The van der Waals surface area contributed by atoms with Crippen molar-refractivity contribution in [1.82, 2.24) is 25.4 Å². The van der Waals surface area contributed by atoms with E-state index in [1.165, 1.54) is 11.3 Å². The zero-order chi connectivity index (χ0) is 16.2. The molecule has 1 N–H and O–H groups in total. The Bertz CT molecular complexity index is 660. The average Bonchev–Trinajstić information content (AvgIpc) is 3.15. The van der Waals surface area contributed by atoms with E-state index in [1.807, 2.05) is 19.2 Å². The van der Waals surface area contributed by atoms with Crippen molar-refractivity contribution < 1.29 is 4.79 Å². The highest BCUT2D eigenvalue weighted by Crippen LogP contribution is 2.20. The lowest BCUT2D eigenvalue weighted by atomic mass is 9.97. The summed E-state index contributed by atoms with van der Waals surface area (Å²) >= 11 is 3.18. The molecule has 0 aromatic carbocycles. The summed E-state index contributed by atoms with van der Waals surface area (Å²) in [6.45, 7) is 7.63. The highest BCUT2D eigenvalue weighted by atomic mass is 32.1. The first kappa shape index (κ1) is 16.5. The van der Waals surface area contributed by atoms with E-state index in [9.17, 15) is 4.79 Å². The number of thiazole rings is 1. The van der Waals surface area contributed by atoms with Gasteiger partial charge in [-0.3, -0.25) is 9.69 Å². The fourth-order valence-corrected chi connectivity index (χ4v) is 4.08. The van der Waals surface area contributed by atoms with Gasteiger partial charge >= 0.3 is 0 Å². The minimum atomic E-state index is -0.0545. The molecule has 1 amide bonds. The minimum Gasteiger partial charge on any atom is -0.350 e. The van der Waals surface area contributed by atoms with Gasteiger partial charge in [-0.1, -0.05) is 0 Å². The third-order valence-electron chi connectivity index (χ3n) is 4.04. The van der Waals surface area contributed by atoms with Crippen molar-refractivity contribution in [1.29, 1.82) is 0 Å². The van der Waals surface area contributed by atoms with Crippen molar-refractivity contribution in [3.63, 3.8) is 0 Å². The molecule has 0 saturated carbocycles. The number of rotatable bonds is 5. The number of nitrogens with zero attached hydrogens (tertiary/aromatic N) is 4. The fourth-order valence-electron chi connectivity index (χ4n) is 2.74. The second kappa shape index (κ2) is 7.46. The molecular weight excluding hydrogens is 330 g/mol. The first-order chi connectivity index (χ1) is 11.1. The summed E-state index contributed by atoms with van der Waals surface area (Å²) in [5.41, 5.74) is 0.538. The Labute approximate surface area is 144 Å². The summed E-state index contributed by atoms with van der Waals surface area (Å²) in [5.74, 6) is 0.493. The fraction of sp³-hybridized carbons (Fsp3) is 0.600. The smallest absolute Gasteiger partial charge is 0.270 e. The molecule has 8 heteroatoms. The first-order valence-electron chi connectivity index (χ1n) is 7.82. The van der Waals surface area contributed by atoms with Crippen LogP contribution in [-0.2, 0) is 6.54 Å². The van der Waals surface area contributed by atoms with Crippen LogP contribution in [0.4, 0.5) is 0 Å². The van der Waals surface area contributed by atoms with Crippen LogP contribution in [0.1, 0.15) is 38.4 Å². The van der Waals surface area contributed by atoms with Crippen LogP contribution in [0.25, 0.3) is 0 Å². The van der Waals surface area contributed by atoms with Gasteiger partial charge in [-0.25, -0.2) is 4.98 Å². The minimum absolute atomic E-state index is 0.0545. The number of amides is 1. The molecule has 0 aliphatic carbocycles. The predicted molar refractivity (Wildman–Crippen MR) is 91.8 cm³/mol. The summed E-state index contributed by atoms with van der Waals surface area (Å²) in [4.78, 5) is 18.7. The molecule has 3 rings (SSSR count). The lowest BCUT2D eigenvalue weighted by molar-refractivity contribution is 0.0930. The van der Waals surface area contributed by atoms with Crippen LogP contribution < -0.4 is 5.32 Å². The SMILES string of the molecule is Cc1nc(C(=O)NCC2CCN(Cc3nnc(C)s3)CC2)cs1. The van der Waals surface area contributed by atoms with Crippen LogP contribution in [0, 0.1) is 19.8 Å². The summed E-state index contributed by atoms with van der Waals surface area (Å²) in [7, 11) is 0. The van der Waals surface area contributed by atoms with Gasteiger partial charge in [0.1, 0.15) is 15.7 Å². The van der Waals surface area contributed by atoms with E-state index in [0.717, 1.165) is 54.0 Å². The van der Waals surface area contributed by atoms with Crippen molar-refractivity contribution in [3.8, 4) is 0 Å². The van der Waals surface area contributed by atoms with Gasteiger partial charge in [-0.15, -0.1) is 32.9 Å². The lowest BCUT2D eigenvalue weighted by Crippen LogP contribution is -2.38. The monoisotopic (exact) mass is 351 g/mol. The van der Waals surface area contributed by atoms with Crippen molar-refractivity contribution in [2.24, 2.45) is 5.92 Å². The van der Waals surface area contributed by atoms with Gasteiger partial charge in [0.25, 0.3) is 5.91 Å². The van der Waals surface area contributed by atoms with Crippen LogP contribution in [-0.4, -0.2) is 45.6 Å². The van der Waals surface area contributed by atoms with Crippen LogP contribution in [0.2, 0.25) is 0 Å².